The number of nitrogens with one attached hydrogen (secondary N) is 1. The van der Waals surface area contributed by atoms with E-state index in [1.165, 1.54) is 6.20 Å². The molecule has 3 aromatic rings. The van der Waals surface area contributed by atoms with E-state index >= 15 is 0 Å². The third-order valence-electron chi connectivity index (χ3n) is 5.11. The lowest BCUT2D eigenvalue weighted by atomic mass is 10.2. The van der Waals surface area contributed by atoms with Gasteiger partial charge >= 0.3 is 5.69 Å². The third kappa shape index (κ3) is 4.36. The molecule has 1 amide bonds. The van der Waals surface area contributed by atoms with Crippen LogP contribution >= 0.6 is 0 Å². The summed E-state index contributed by atoms with van der Waals surface area (Å²) in [4.78, 5) is 52.8. The highest BCUT2D eigenvalue weighted by molar-refractivity contribution is 5.93. The van der Waals surface area contributed by atoms with Gasteiger partial charge in [0, 0.05) is 51.3 Å². The van der Waals surface area contributed by atoms with E-state index in [9.17, 15) is 14.4 Å². The molecule has 4 heterocycles. The van der Waals surface area contributed by atoms with Gasteiger partial charge in [-0.3, -0.25) is 29.0 Å². The first-order chi connectivity index (χ1) is 14.6. The molecule has 0 saturated carbocycles. The number of rotatable bonds is 5. The predicted octanol–water partition coefficient (Wildman–Crippen LogP) is 0.333. The molecule has 1 N–H and O–H groups in total. The van der Waals surface area contributed by atoms with Crippen LogP contribution < -0.4 is 11.2 Å². The molecule has 0 atom stereocenters. The van der Waals surface area contributed by atoms with Crippen molar-refractivity contribution in [2.45, 2.75) is 13.1 Å². The van der Waals surface area contributed by atoms with Crippen LogP contribution in [0, 0.1) is 0 Å². The van der Waals surface area contributed by atoms with Gasteiger partial charge < -0.3 is 9.88 Å². The van der Waals surface area contributed by atoms with Crippen molar-refractivity contribution in [1.29, 1.82) is 0 Å². The second kappa shape index (κ2) is 8.83. The molecule has 1 saturated heterocycles. The third-order valence-corrected chi connectivity index (χ3v) is 5.11. The number of carbonyl (C=O) groups is 1. The Kier molecular flexibility index (Phi) is 5.80. The van der Waals surface area contributed by atoms with Gasteiger partial charge in [-0.15, -0.1) is 0 Å². The topological polar surface area (TPSA) is 104 Å². The smallest absolute Gasteiger partial charge is 0.328 e. The number of piperazine rings is 1. The largest absolute Gasteiger partial charge is 0.336 e. The van der Waals surface area contributed by atoms with Gasteiger partial charge in [0.2, 0.25) is 0 Å². The van der Waals surface area contributed by atoms with Crippen molar-refractivity contribution in [3.8, 4) is 0 Å². The van der Waals surface area contributed by atoms with Gasteiger partial charge in [-0.05, 0) is 24.3 Å². The van der Waals surface area contributed by atoms with E-state index in [0.717, 1.165) is 16.8 Å². The van der Waals surface area contributed by atoms with Gasteiger partial charge in [0.25, 0.3) is 11.5 Å². The SMILES string of the molecule is O=C(c1c[nH]c(=O)n(Cc2ccccn2)c1=O)N1CCN(Cc2ccccn2)CC1. The van der Waals surface area contributed by atoms with E-state index in [-0.39, 0.29) is 18.0 Å². The molecular formula is C21H22N6O3. The maximum Gasteiger partial charge on any atom is 0.328 e. The molecule has 0 spiro atoms. The van der Waals surface area contributed by atoms with Crippen molar-refractivity contribution >= 4 is 5.91 Å². The van der Waals surface area contributed by atoms with Gasteiger partial charge in [0.05, 0.1) is 17.9 Å². The Balaban J connectivity index is 1.46. The Morgan fingerprint density at radius 2 is 1.53 bits per heavy atom. The van der Waals surface area contributed by atoms with Crippen LogP contribution in [-0.4, -0.2) is 61.4 Å². The van der Waals surface area contributed by atoms with Gasteiger partial charge in [-0.25, -0.2) is 4.79 Å². The number of aromatic amines is 1. The Bertz CT molecular complexity index is 1120. The minimum absolute atomic E-state index is 0.00792. The van der Waals surface area contributed by atoms with E-state index in [1.54, 1.807) is 35.5 Å². The molecule has 9 heteroatoms. The zero-order chi connectivity index (χ0) is 20.9. The molecule has 0 unspecified atom stereocenters. The van der Waals surface area contributed by atoms with Gasteiger partial charge in [-0.1, -0.05) is 12.1 Å². The summed E-state index contributed by atoms with van der Waals surface area (Å²) in [6.07, 6.45) is 4.57. The molecule has 30 heavy (non-hydrogen) atoms. The summed E-state index contributed by atoms with van der Waals surface area (Å²) in [5.41, 5.74) is 0.338. The van der Waals surface area contributed by atoms with Crippen LogP contribution in [0.2, 0.25) is 0 Å². The van der Waals surface area contributed by atoms with Crippen LogP contribution in [-0.2, 0) is 13.1 Å². The fourth-order valence-corrected chi connectivity index (χ4v) is 3.46. The quantitative estimate of drug-likeness (QED) is 0.655. The Morgan fingerprint density at radius 3 is 2.13 bits per heavy atom. The summed E-state index contributed by atoms with van der Waals surface area (Å²) in [6.45, 7) is 3.11. The van der Waals surface area contributed by atoms with E-state index in [1.807, 2.05) is 18.2 Å². The predicted molar refractivity (Wildman–Crippen MR) is 110 cm³/mol. The number of amides is 1. The first-order valence-electron chi connectivity index (χ1n) is 9.76. The molecule has 3 aromatic heterocycles. The second-order valence-corrected chi connectivity index (χ2v) is 7.11. The summed E-state index contributed by atoms with van der Waals surface area (Å²) in [6, 6.07) is 11.1. The first-order valence-corrected chi connectivity index (χ1v) is 9.76. The molecule has 0 aromatic carbocycles. The fraction of sp³-hybridized carbons (Fsp3) is 0.286. The lowest BCUT2D eigenvalue weighted by molar-refractivity contribution is 0.0624. The number of carbonyl (C=O) groups excluding carboxylic acids is 1. The lowest BCUT2D eigenvalue weighted by Crippen LogP contribution is -2.50. The van der Waals surface area contributed by atoms with Gasteiger partial charge in [0.15, 0.2) is 0 Å². The highest BCUT2D eigenvalue weighted by Gasteiger charge is 2.25. The Labute approximate surface area is 172 Å². The van der Waals surface area contributed by atoms with Crippen molar-refractivity contribution < 1.29 is 4.79 Å². The molecule has 0 bridgehead atoms. The van der Waals surface area contributed by atoms with Crippen molar-refractivity contribution in [3.05, 3.63) is 92.8 Å². The number of hydrogen-bond donors (Lipinski definition) is 1. The minimum Gasteiger partial charge on any atom is -0.336 e. The van der Waals surface area contributed by atoms with E-state index < -0.39 is 11.2 Å². The average Bonchev–Trinajstić information content (AvgIpc) is 2.78. The Hall–Kier alpha value is -3.59. The highest BCUT2D eigenvalue weighted by atomic mass is 16.2. The second-order valence-electron chi connectivity index (χ2n) is 7.11. The van der Waals surface area contributed by atoms with Crippen LogP contribution in [0.1, 0.15) is 21.7 Å². The number of pyridine rings is 2. The first kappa shape index (κ1) is 19.7. The maximum absolute atomic E-state index is 12.9. The van der Waals surface area contributed by atoms with Crippen molar-refractivity contribution in [2.24, 2.45) is 0 Å². The summed E-state index contributed by atoms with van der Waals surface area (Å²) < 4.78 is 1.01. The summed E-state index contributed by atoms with van der Waals surface area (Å²) in [7, 11) is 0. The number of H-pyrrole nitrogens is 1. The summed E-state index contributed by atoms with van der Waals surface area (Å²) in [5.74, 6) is -0.372. The normalized spacial score (nSPS) is 14.6. The van der Waals surface area contributed by atoms with Crippen molar-refractivity contribution in [1.82, 2.24) is 29.3 Å². The monoisotopic (exact) mass is 406 g/mol. The lowest BCUT2D eigenvalue weighted by Gasteiger charge is -2.34. The molecule has 1 fully saturated rings. The van der Waals surface area contributed by atoms with Crippen LogP contribution in [0.4, 0.5) is 0 Å². The van der Waals surface area contributed by atoms with Crippen LogP contribution in [0.5, 0.6) is 0 Å². The Morgan fingerprint density at radius 1 is 0.900 bits per heavy atom. The summed E-state index contributed by atoms with van der Waals surface area (Å²) >= 11 is 0. The number of aromatic nitrogens is 4. The molecule has 4 rings (SSSR count). The van der Waals surface area contributed by atoms with E-state index in [4.69, 9.17) is 0 Å². The van der Waals surface area contributed by atoms with Gasteiger partial charge in [0.1, 0.15) is 5.56 Å². The minimum atomic E-state index is -0.606. The maximum atomic E-state index is 12.9. The van der Waals surface area contributed by atoms with Crippen LogP contribution in [0.25, 0.3) is 0 Å². The molecule has 1 aliphatic rings. The number of nitrogens with zero attached hydrogens (tertiary/aromatic N) is 5. The highest BCUT2D eigenvalue weighted by Crippen LogP contribution is 2.09. The zero-order valence-corrected chi connectivity index (χ0v) is 16.4. The van der Waals surface area contributed by atoms with Crippen LogP contribution in [0.3, 0.4) is 0 Å². The molecular weight excluding hydrogens is 384 g/mol. The molecule has 0 radical (unpaired) electrons. The molecule has 1 aliphatic heterocycles. The van der Waals surface area contributed by atoms with E-state index in [2.05, 4.69) is 19.9 Å². The number of hydrogen-bond acceptors (Lipinski definition) is 6. The molecule has 9 nitrogen and oxygen atoms in total. The molecule has 154 valence electrons. The van der Waals surface area contributed by atoms with Gasteiger partial charge in [-0.2, -0.15) is 0 Å². The zero-order valence-electron chi connectivity index (χ0n) is 16.4. The van der Waals surface area contributed by atoms with Crippen molar-refractivity contribution in [2.75, 3.05) is 26.2 Å². The fourth-order valence-electron chi connectivity index (χ4n) is 3.46. The standard InChI is InChI=1S/C21H22N6O3/c28-19(26-11-9-25(10-12-26)14-16-5-1-3-7-22-16)18-13-24-21(30)27(20(18)29)15-17-6-2-4-8-23-17/h1-8,13H,9-12,14-15H2,(H,24,30). The average molecular weight is 406 g/mol. The molecule has 0 aliphatic carbocycles. The van der Waals surface area contributed by atoms with Crippen molar-refractivity contribution in [3.63, 3.8) is 0 Å². The van der Waals surface area contributed by atoms with Crippen LogP contribution in [0.15, 0.2) is 64.6 Å². The summed E-state index contributed by atoms with van der Waals surface area (Å²) in [5, 5.41) is 0. The van der Waals surface area contributed by atoms with E-state index in [0.29, 0.717) is 31.9 Å².